The van der Waals surface area contributed by atoms with Crippen LogP contribution in [0, 0.1) is 5.92 Å². The minimum Gasteiger partial charge on any atom is -0.439 e. The number of carbonyl (C=O) groups excluding carboxylic acids is 1. The maximum atomic E-state index is 12.2. The molecule has 2 atom stereocenters. The van der Waals surface area contributed by atoms with Gasteiger partial charge in [-0.25, -0.2) is 4.79 Å². The summed E-state index contributed by atoms with van der Waals surface area (Å²) in [7, 11) is 0. The van der Waals surface area contributed by atoms with Crippen molar-refractivity contribution in [3.8, 4) is 0 Å². The molecule has 0 spiro atoms. The van der Waals surface area contributed by atoms with Crippen molar-refractivity contribution in [2.75, 3.05) is 26.2 Å². The summed E-state index contributed by atoms with van der Waals surface area (Å²) in [6.45, 7) is 2.71. The Morgan fingerprint density at radius 3 is 2.64 bits per heavy atom. The molecule has 0 radical (unpaired) electrons. The Morgan fingerprint density at radius 1 is 1.23 bits per heavy atom. The van der Waals surface area contributed by atoms with Crippen LogP contribution in [0.25, 0.3) is 0 Å². The summed E-state index contributed by atoms with van der Waals surface area (Å²) in [5.74, 6) is 0.657. The topological polar surface area (TPSA) is 61.8 Å². The van der Waals surface area contributed by atoms with Gasteiger partial charge in [0.25, 0.3) is 0 Å². The van der Waals surface area contributed by atoms with E-state index in [0.717, 1.165) is 37.9 Å². The number of hydrogen-bond acceptors (Lipinski definition) is 4. The summed E-state index contributed by atoms with van der Waals surface area (Å²) < 4.78 is 5.52. The van der Waals surface area contributed by atoms with Gasteiger partial charge < -0.3 is 15.2 Å². The van der Waals surface area contributed by atoms with Crippen molar-refractivity contribution < 1.29 is 14.6 Å². The quantitative estimate of drug-likeness (QED) is 0.872. The van der Waals surface area contributed by atoms with Gasteiger partial charge in [-0.3, -0.25) is 4.90 Å². The van der Waals surface area contributed by atoms with Gasteiger partial charge in [0.05, 0.1) is 12.6 Å². The lowest BCUT2D eigenvalue weighted by Crippen LogP contribution is -2.39. The molecule has 2 aliphatic rings. The number of piperidine rings is 1. The average Bonchev–Trinajstić information content (AvgIpc) is 2.90. The van der Waals surface area contributed by atoms with Crippen LogP contribution in [0.5, 0.6) is 0 Å². The molecular formula is C17H24N2O3. The van der Waals surface area contributed by atoms with E-state index in [1.54, 1.807) is 4.90 Å². The van der Waals surface area contributed by atoms with Crippen molar-refractivity contribution in [1.29, 1.82) is 0 Å². The molecule has 0 aliphatic carbocycles. The molecule has 120 valence electrons. The number of nitrogens with one attached hydrogen (secondary N) is 1. The van der Waals surface area contributed by atoms with E-state index >= 15 is 0 Å². The second kappa shape index (κ2) is 7.11. The maximum absolute atomic E-state index is 12.2. The Morgan fingerprint density at radius 2 is 1.95 bits per heavy atom. The van der Waals surface area contributed by atoms with E-state index in [1.807, 2.05) is 30.3 Å². The third-order valence-corrected chi connectivity index (χ3v) is 4.76. The highest BCUT2D eigenvalue weighted by Crippen LogP contribution is 2.33. The summed E-state index contributed by atoms with van der Waals surface area (Å²) in [4.78, 5) is 13.9. The molecule has 2 saturated heterocycles. The molecule has 2 fully saturated rings. The first-order chi connectivity index (χ1) is 10.8. The maximum Gasteiger partial charge on any atom is 0.410 e. The van der Waals surface area contributed by atoms with E-state index in [1.165, 1.54) is 0 Å². The van der Waals surface area contributed by atoms with E-state index < -0.39 is 0 Å². The SMILES string of the molecule is O=C1OC(c2ccccc2)[C@@H](CO)N1CCC1CCNCC1. The number of rotatable bonds is 5. The Labute approximate surface area is 131 Å². The Balaban J connectivity index is 1.64. The lowest BCUT2D eigenvalue weighted by Gasteiger charge is -2.27. The molecule has 0 aromatic heterocycles. The molecule has 1 unspecified atom stereocenters. The number of benzene rings is 1. The summed E-state index contributed by atoms with van der Waals surface area (Å²) >= 11 is 0. The molecule has 1 aromatic carbocycles. The number of cyclic esters (lactones) is 1. The summed E-state index contributed by atoms with van der Waals surface area (Å²) in [6.07, 6.45) is 2.63. The van der Waals surface area contributed by atoms with E-state index in [4.69, 9.17) is 4.74 Å². The number of nitrogens with zero attached hydrogens (tertiary/aromatic N) is 1. The second-order valence-corrected chi connectivity index (χ2v) is 6.14. The van der Waals surface area contributed by atoms with Gasteiger partial charge in [-0.05, 0) is 43.8 Å². The highest BCUT2D eigenvalue weighted by Gasteiger charge is 2.42. The average molecular weight is 304 g/mol. The van der Waals surface area contributed by atoms with Crippen LogP contribution in [0.4, 0.5) is 4.79 Å². The summed E-state index contributed by atoms with van der Waals surface area (Å²) in [6, 6.07) is 9.39. The first kappa shape index (κ1) is 15.3. The van der Waals surface area contributed by atoms with Gasteiger partial charge in [-0.15, -0.1) is 0 Å². The normalized spacial score (nSPS) is 26.2. The predicted octanol–water partition coefficient (Wildman–Crippen LogP) is 1.93. The summed E-state index contributed by atoms with van der Waals surface area (Å²) in [5, 5.41) is 13.1. The fourth-order valence-corrected chi connectivity index (χ4v) is 3.43. The number of ether oxygens (including phenoxy) is 1. The van der Waals surface area contributed by atoms with Gasteiger partial charge in [0.15, 0.2) is 6.10 Å². The van der Waals surface area contributed by atoms with Crippen molar-refractivity contribution in [2.45, 2.75) is 31.4 Å². The number of amides is 1. The van der Waals surface area contributed by atoms with E-state index in [9.17, 15) is 9.90 Å². The van der Waals surface area contributed by atoms with E-state index in [-0.39, 0.29) is 24.8 Å². The van der Waals surface area contributed by atoms with Crippen LogP contribution in [-0.4, -0.2) is 48.4 Å². The van der Waals surface area contributed by atoms with Gasteiger partial charge in [-0.2, -0.15) is 0 Å². The molecule has 1 aromatic rings. The molecule has 3 rings (SSSR count). The molecule has 0 bridgehead atoms. The van der Waals surface area contributed by atoms with Crippen molar-refractivity contribution in [1.82, 2.24) is 10.2 Å². The Hall–Kier alpha value is -1.59. The van der Waals surface area contributed by atoms with Crippen LogP contribution < -0.4 is 5.32 Å². The van der Waals surface area contributed by atoms with Gasteiger partial charge in [0.1, 0.15) is 0 Å². The zero-order chi connectivity index (χ0) is 15.4. The van der Waals surface area contributed by atoms with Gasteiger partial charge >= 0.3 is 6.09 Å². The molecule has 1 amide bonds. The number of aliphatic hydroxyl groups is 1. The fraction of sp³-hybridized carbons (Fsp3) is 0.588. The highest BCUT2D eigenvalue weighted by molar-refractivity contribution is 5.71. The molecule has 5 nitrogen and oxygen atoms in total. The zero-order valence-electron chi connectivity index (χ0n) is 12.8. The van der Waals surface area contributed by atoms with Crippen LogP contribution in [0.2, 0.25) is 0 Å². The number of hydrogen-bond donors (Lipinski definition) is 2. The van der Waals surface area contributed by atoms with Gasteiger partial charge in [-0.1, -0.05) is 30.3 Å². The first-order valence-electron chi connectivity index (χ1n) is 8.13. The van der Waals surface area contributed by atoms with Crippen molar-refractivity contribution in [3.63, 3.8) is 0 Å². The molecule has 0 saturated carbocycles. The molecule has 5 heteroatoms. The third-order valence-electron chi connectivity index (χ3n) is 4.76. The minimum atomic E-state index is -0.369. The third kappa shape index (κ3) is 3.25. The molecule has 2 aliphatic heterocycles. The van der Waals surface area contributed by atoms with Crippen molar-refractivity contribution in [2.24, 2.45) is 5.92 Å². The van der Waals surface area contributed by atoms with E-state index in [2.05, 4.69) is 5.32 Å². The highest BCUT2D eigenvalue weighted by atomic mass is 16.6. The monoisotopic (exact) mass is 304 g/mol. The molecular weight excluding hydrogens is 280 g/mol. The van der Waals surface area contributed by atoms with Crippen LogP contribution in [-0.2, 0) is 4.74 Å². The summed E-state index contributed by atoms with van der Waals surface area (Å²) in [5.41, 5.74) is 0.944. The van der Waals surface area contributed by atoms with Crippen molar-refractivity contribution in [3.05, 3.63) is 35.9 Å². The number of aliphatic hydroxyl groups excluding tert-OH is 1. The first-order valence-corrected chi connectivity index (χ1v) is 8.13. The lowest BCUT2D eigenvalue weighted by atomic mass is 9.94. The van der Waals surface area contributed by atoms with Crippen LogP contribution in [0.1, 0.15) is 30.9 Å². The van der Waals surface area contributed by atoms with Gasteiger partial charge in [0.2, 0.25) is 0 Å². The Bertz CT molecular complexity index is 488. The number of carbonyl (C=O) groups is 1. The van der Waals surface area contributed by atoms with Crippen molar-refractivity contribution >= 4 is 6.09 Å². The Kier molecular flexibility index (Phi) is 4.95. The predicted molar refractivity (Wildman–Crippen MR) is 83.5 cm³/mol. The lowest BCUT2D eigenvalue weighted by molar-refractivity contribution is 0.117. The molecule has 22 heavy (non-hydrogen) atoms. The fourth-order valence-electron chi connectivity index (χ4n) is 3.43. The standard InChI is InChI=1S/C17H24N2O3/c20-12-15-16(14-4-2-1-3-5-14)22-17(21)19(15)11-8-13-6-9-18-10-7-13/h1-5,13,15-16,18,20H,6-12H2/t15-,16?/m1/s1. The molecule has 2 N–H and O–H groups in total. The van der Waals surface area contributed by atoms with Gasteiger partial charge in [0, 0.05) is 6.54 Å². The van der Waals surface area contributed by atoms with E-state index in [0.29, 0.717) is 12.5 Å². The van der Waals surface area contributed by atoms with Crippen LogP contribution in [0.3, 0.4) is 0 Å². The largest absolute Gasteiger partial charge is 0.439 e. The minimum absolute atomic E-state index is 0.0719. The van der Waals surface area contributed by atoms with Crippen LogP contribution >= 0.6 is 0 Å². The second-order valence-electron chi connectivity index (χ2n) is 6.14. The zero-order valence-corrected chi connectivity index (χ0v) is 12.8. The smallest absolute Gasteiger partial charge is 0.410 e. The van der Waals surface area contributed by atoms with Crippen LogP contribution in [0.15, 0.2) is 30.3 Å². The molecule has 2 heterocycles.